The van der Waals surface area contributed by atoms with Gasteiger partial charge in [0.05, 0.1) is 5.41 Å². The van der Waals surface area contributed by atoms with E-state index in [0.717, 1.165) is 11.8 Å². The number of thioether (sulfide) groups is 1. The summed E-state index contributed by atoms with van der Waals surface area (Å²) in [5, 5.41) is 0. The first-order valence-electron chi connectivity index (χ1n) is 6.60. The maximum Gasteiger partial charge on any atom is 0.229 e. The predicted molar refractivity (Wildman–Crippen MR) is 77.6 cm³/mol. The van der Waals surface area contributed by atoms with Crippen LogP contribution in [0.5, 0.6) is 0 Å². The molecule has 110 valence electrons. The van der Waals surface area contributed by atoms with Gasteiger partial charge in [-0.2, -0.15) is 11.8 Å². The van der Waals surface area contributed by atoms with Crippen LogP contribution in [0.1, 0.15) is 25.0 Å². The van der Waals surface area contributed by atoms with E-state index in [1.807, 2.05) is 20.1 Å². The molecule has 0 radical (unpaired) electrons. The number of halogens is 2. The molecule has 0 N–H and O–H groups in total. The monoisotopic (exact) mass is 299 g/mol. The molecule has 20 heavy (non-hydrogen) atoms. The molecule has 1 heterocycles. The fraction of sp³-hybridized carbons (Fsp3) is 0.533. The Kier molecular flexibility index (Phi) is 4.37. The molecule has 0 atom stereocenters. The third kappa shape index (κ3) is 2.97. The lowest BCUT2D eigenvalue weighted by molar-refractivity contribution is -0.140. The Hall–Kier alpha value is -1.10. The first kappa shape index (κ1) is 15.3. The molecule has 1 aliphatic heterocycles. The molecule has 0 aliphatic carbocycles. The van der Waals surface area contributed by atoms with Crippen molar-refractivity contribution >= 4 is 17.7 Å². The van der Waals surface area contributed by atoms with E-state index in [9.17, 15) is 13.6 Å². The molecule has 2 rings (SSSR count). The third-order valence-corrected chi connectivity index (χ3v) is 4.63. The maximum atomic E-state index is 13.7. The van der Waals surface area contributed by atoms with Gasteiger partial charge in [-0.1, -0.05) is 13.8 Å². The van der Waals surface area contributed by atoms with E-state index in [2.05, 4.69) is 0 Å². The van der Waals surface area contributed by atoms with Gasteiger partial charge in [0.15, 0.2) is 0 Å². The minimum absolute atomic E-state index is 0.0437. The number of benzene rings is 1. The largest absolute Gasteiger partial charge is 0.338 e. The number of carbonyl (C=O) groups is 1. The summed E-state index contributed by atoms with van der Waals surface area (Å²) in [7, 11) is 0. The number of amides is 1. The molecule has 0 bridgehead atoms. The third-order valence-electron chi connectivity index (χ3n) is 3.62. The molecule has 2 nitrogen and oxygen atoms in total. The van der Waals surface area contributed by atoms with Gasteiger partial charge in [-0.25, -0.2) is 8.78 Å². The fourth-order valence-electron chi connectivity index (χ4n) is 2.63. The second-order valence-electron chi connectivity index (χ2n) is 5.82. The van der Waals surface area contributed by atoms with Crippen molar-refractivity contribution in [2.75, 3.05) is 18.6 Å². The lowest BCUT2D eigenvalue weighted by atomic mass is 9.91. The van der Waals surface area contributed by atoms with Gasteiger partial charge in [0.2, 0.25) is 5.91 Å². The molecular weight excluding hydrogens is 280 g/mol. The van der Waals surface area contributed by atoms with Crippen LogP contribution in [0.4, 0.5) is 8.78 Å². The minimum Gasteiger partial charge on any atom is -0.338 e. The molecule has 0 saturated carbocycles. The van der Waals surface area contributed by atoms with E-state index in [-0.39, 0.29) is 5.91 Å². The van der Waals surface area contributed by atoms with Crippen molar-refractivity contribution in [2.24, 2.45) is 5.41 Å². The summed E-state index contributed by atoms with van der Waals surface area (Å²) in [6, 6.07) is 2.24. The van der Waals surface area contributed by atoms with Gasteiger partial charge in [0.25, 0.3) is 0 Å². The van der Waals surface area contributed by atoms with Crippen molar-refractivity contribution in [1.29, 1.82) is 0 Å². The molecule has 0 spiro atoms. The highest BCUT2D eigenvalue weighted by atomic mass is 32.2. The Labute approximate surface area is 122 Å². The van der Waals surface area contributed by atoms with Gasteiger partial charge < -0.3 is 4.90 Å². The first-order chi connectivity index (χ1) is 9.35. The molecule has 1 aliphatic rings. The number of fused-ring (bicyclic) bond motifs is 1. The minimum atomic E-state index is -0.584. The highest BCUT2D eigenvalue weighted by molar-refractivity contribution is 7.98. The lowest BCUT2D eigenvalue weighted by Gasteiger charge is -2.35. The van der Waals surface area contributed by atoms with E-state index in [1.54, 1.807) is 16.7 Å². The molecular formula is C15H19F2NOS. The Morgan fingerprint density at radius 3 is 2.75 bits per heavy atom. The number of nitrogens with zero attached hydrogens (tertiary/aromatic N) is 1. The SMILES string of the molecule is CSCC(C)(C)C(=O)N1CCc2c(F)cc(F)cc2C1. The van der Waals surface area contributed by atoms with Crippen molar-refractivity contribution in [3.05, 3.63) is 34.9 Å². The molecule has 1 aromatic rings. The van der Waals surface area contributed by atoms with Crippen molar-refractivity contribution in [3.63, 3.8) is 0 Å². The predicted octanol–water partition coefficient (Wildman–Crippen LogP) is 3.24. The van der Waals surface area contributed by atoms with Crippen LogP contribution >= 0.6 is 11.8 Å². The van der Waals surface area contributed by atoms with Crippen LogP contribution in [0.2, 0.25) is 0 Å². The van der Waals surface area contributed by atoms with Crippen molar-refractivity contribution in [1.82, 2.24) is 4.90 Å². The fourth-order valence-corrected chi connectivity index (χ4v) is 3.48. The van der Waals surface area contributed by atoms with Crippen LogP contribution in [-0.4, -0.2) is 29.4 Å². The average Bonchev–Trinajstić information content (AvgIpc) is 2.36. The molecule has 5 heteroatoms. The van der Waals surface area contributed by atoms with Crippen LogP contribution in [0.25, 0.3) is 0 Å². The Balaban J connectivity index is 2.21. The summed E-state index contributed by atoms with van der Waals surface area (Å²) in [6.45, 7) is 4.61. The van der Waals surface area contributed by atoms with E-state index < -0.39 is 17.0 Å². The lowest BCUT2D eigenvalue weighted by Crippen LogP contribution is -2.44. The summed E-state index contributed by atoms with van der Waals surface area (Å²) >= 11 is 1.62. The molecule has 0 unspecified atom stereocenters. The smallest absolute Gasteiger partial charge is 0.229 e. The molecule has 1 aromatic carbocycles. The molecule has 1 amide bonds. The van der Waals surface area contributed by atoms with Crippen molar-refractivity contribution in [3.8, 4) is 0 Å². The standard InChI is InChI=1S/C15H19F2NOS/c1-15(2,9-20-3)14(19)18-5-4-12-10(8-18)6-11(16)7-13(12)17/h6-7H,4-5,8-9H2,1-3H3. The number of carbonyl (C=O) groups excluding carboxylic acids is 1. The van der Waals surface area contributed by atoms with Crippen molar-refractivity contribution in [2.45, 2.75) is 26.8 Å². The number of hydrogen-bond donors (Lipinski definition) is 0. The van der Waals surface area contributed by atoms with E-state index >= 15 is 0 Å². The number of hydrogen-bond acceptors (Lipinski definition) is 2. The summed E-state index contributed by atoms with van der Waals surface area (Å²) in [5.74, 6) is -0.316. The van der Waals surface area contributed by atoms with Crippen LogP contribution in [0, 0.1) is 17.0 Å². The highest BCUT2D eigenvalue weighted by Crippen LogP contribution is 2.28. The zero-order valence-corrected chi connectivity index (χ0v) is 12.8. The summed E-state index contributed by atoms with van der Waals surface area (Å²) < 4.78 is 27.0. The zero-order valence-electron chi connectivity index (χ0n) is 12.0. The normalized spacial score (nSPS) is 15.2. The van der Waals surface area contributed by atoms with Gasteiger partial charge in [0, 0.05) is 24.9 Å². The summed E-state index contributed by atoms with van der Waals surface area (Å²) in [5.41, 5.74) is 0.670. The van der Waals surface area contributed by atoms with Crippen LogP contribution in [0.15, 0.2) is 12.1 Å². The van der Waals surface area contributed by atoms with Crippen LogP contribution < -0.4 is 0 Å². The zero-order chi connectivity index (χ0) is 14.9. The van der Waals surface area contributed by atoms with Gasteiger partial charge in [-0.15, -0.1) is 0 Å². The van der Waals surface area contributed by atoms with Gasteiger partial charge >= 0.3 is 0 Å². The van der Waals surface area contributed by atoms with Gasteiger partial charge in [0.1, 0.15) is 11.6 Å². The molecule has 0 aromatic heterocycles. The summed E-state index contributed by atoms with van der Waals surface area (Å²) in [4.78, 5) is 14.2. The van der Waals surface area contributed by atoms with Gasteiger partial charge in [-0.3, -0.25) is 4.79 Å². The Morgan fingerprint density at radius 2 is 2.10 bits per heavy atom. The number of rotatable bonds is 3. The highest BCUT2D eigenvalue weighted by Gasteiger charge is 2.33. The van der Waals surface area contributed by atoms with Crippen molar-refractivity contribution < 1.29 is 13.6 Å². The summed E-state index contributed by atoms with van der Waals surface area (Å²) in [6.07, 6.45) is 2.41. The average molecular weight is 299 g/mol. The van der Waals surface area contributed by atoms with Crippen LogP contribution in [0.3, 0.4) is 0 Å². The van der Waals surface area contributed by atoms with E-state index in [0.29, 0.717) is 30.6 Å². The molecule has 0 saturated heterocycles. The van der Waals surface area contributed by atoms with E-state index in [4.69, 9.17) is 0 Å². The van der Waals surface area contributed by atoms with E-state index in [1.165, 1.54) is 6.07 Å². The first-order valence-corrected chi connectivity index (χ1v) is 7.99. The topological polar surface area (TPSA) is 20.3 Å². The van der Waals surface area contributed by atoms with Gasteiger partial charge in [-0.05, 0) is 29.9 Å². The quantitative estimate of drug-likeness (QED) is 0.854. The second-order valence-corrected chi connectivity index (χ2v) is 6.68. The Morgan fingerprint density at radius 1 is 1.40 bits per heavy atom. The second kappa shape index (κ2) is 5.72. The molecule has 0 fully saturated rings. The Bertz CT molecular complexity index is 531. The maximum absolute atomic E-state index is 13.7. The van der Waals surface area contributed by atoms with Crippen LogP contribution in [-0.2, 0) is 17.8 Å².